The van der Waals surface area contributed by atoms with E-state index in [4.69, 9.17) is 9.47 Å². The van der Waals surface area contributed by atoms with Gasteiger partial charge in [0.2, 0.25) is 5.78 Å². The van der Waals surface area contributed by atoms with Gasteiger partial charge in [0.25, 0.3) is 0 Å². The van der Waals surface area contributed by atoms with Crippen LogP contribution in [0.1, 0.15) is 40.0 Å². The normalized spacial score (nSPS) is 40.7. The number of esters is 1. The second kappa shape index (κ2) is 8.16. The summed E-state index contributed by atoms with van der Waals surface area (Å²) in [5, 5.41) is 32.8. The lowest BCUT2D eigenvalue weighted by molar-refractivity contribution is -0.157. The van der Waals surface area contributed by atoms with E-state index in [9.17, 15) is 24.9 Å². The minimum Gasteiger partial charge on any atom is -0.504 e. The number of aliphatic hydroxyl groups excluding tert-OH is 3. The summed E-state index contributed by atoms with van der Waals surface area (Å²) in [6.07, 6.45) is 0.505. The van der Waals surface area contributed by atoms with Crippen LogP contribution >= 0.6 is 0 Å². The maximum Gasteiger partial charge on any atom is 0.338 e. The summed E-state index contributed by atoms with van der Waals surface area (Å²) in [5.41, 5.74) is 3.93. The molecular weight excluding hydrogens is 402 g/mol. The molecule has 0 spiro atoms. The monoisotopic (exact) mass is 435 g/mol. The SMILES string of the molecule is C/C=C1/C(=O)OC(COC)C2(C)C1=C(O)C(=O)C1=C2C(O)CC2(C)C(O)CCC12.CN. The number of aliphatic hydroxyl groups is 3. The van der Waals surface area contributed by atoms with Crippen LogP contribution in [0.25, 0.3) is 0 Å². The van der Waals surface area contributed by atoms with Crippen LogP contribution < -0.4 is 5.73 Å². The van der Waals surface area contributed by atoms with Crippen molar-refractivity contribution in [2.45, 2.75) is 58.3 Å². The van der Waals surface area contributed by atoms with E-state index in [-0.39, 0.29) is 23.7 Å². The molecule has 8 nitrogen and oxygen atoms in total. The second-order valence-corrected chi connectivity index (χ2v) is 9.01. The molecule has 0 aromatic heterocycles. The smallest absolute Gasteiger partial charge is 0.338 e. The Morgan fingerprint density at radius 3 is 2.45 bits per heavy atom. The maximum absolute atomic E-state index is 13.4. The summed E-state index contributed by atoms with van der Waals surface area (Å²) in [5.74, 6) is -1.95. The molecule has 3 aliphatic carbocycles. The van der Waals surface area contributed by atoms with Crippen molar-refractivity contribution in [2.75, 3.05) is 20.8 Å². The highest BCUT2D eigenvalue weighted by Crippen LogP contribution is 2.62. The number of allylic oxidation sites excluding steroid dienone is 2. The number of carbonyl (C=O) groups is 2. The molecule has 0 amide bonds. The van der Waals surface area contributed by atoms with Crippen molar-refractivity contribution in [1.29, 1.82) is 0 Å². The number of hydrogen-bond donors (Lipinski definition) is 4. The third-order valence-electron chi connectivity index (χ3n) is 7.66. The number of nitrogens with two attached hydrogens (primary N) is 1. The highest BCUT2D eigenvalue weighted by atomic mass is 16.6. The van der Waals surface area contributed by atoms with Gasteiger partial charge >= 0.3 is 5.97 Å². The van der Waals surface area contributed by atoms with Gasteiger partial charge in [-0.05, 0) is 51.6 Å². The van der Waals surface area contributed by atoms with Gasteiger partial charge in [0, 0.05) is 23.7 Å². The Labute approximate surface area is 182 Å². The molecule has 8 heteroatoms. The van der Waals surface area contributed by atoms with Gasteiger partial charge in [0.1, 0.15) is 6.10 Å². The van der Waals surface area contributed by atoms with Gasteiger partial charge in [-0.3, -0.25) is 4.79 Å². The Bertz CT molecular complexity index is 888. The van der Waals surface area contributed by atoms with E-state index < -0.39 is 46.7 Å². The van der Waals surface area contributed by atoms with Gasteiger partial charge in [-0.2, -0.15) is 0 Å². The first-order chi connectivity index (χ1) is 14.6. The van der Waals surface area contributed by atoms with E-state index in [2.05, 4.69) is 5.73 Å². The number of cyclic esters (lactones) is 1. The molecule has 1 aliphatic heterocycles. The Balaban J connectivity index is 0.00000132. The standard InChI is InChI=1S/C22H28O7.CH5N/c1-5-10-16-19(26)18(25)15-11-6-7-13(24)21(11,2)8-12(23)17(15)22(16,3)14(9-28-4)29-20(10)27;1-2/h5,11-14,23-24,26H,6-9H2,1-4H3;2H2,1H3/b10-5+;. The van der Waals surface area contributed by atoms with E-state index in [0.717, 1.165) is 0 Å². The summed E-state index contributed by atoms with van der Waals surface area (Å²) >= 11 is 0. The zero-order valence-corrected chi connectivity index (χ0v) is 18.8. The summed E-state index contributed by atoms with van der Waals surface area (Å²) in [7, 11) is 2.98. The largest absolute Gasteiger partial charge is 0.504 e. The van der Waals surface area contributed by atoms with Gasteiger partial charge in [-0.15, -0.1) is 0 Å². The van der Waals surface area contributed by atoms with E-state index in [1.165, 1.54) is 20.2 Å². The van der Waals surface area contributed by atoms with E-state index in [1.54, 1.807) is 13.8 Å². The number of ether oxygens (including phenoxy) is 2. The lowest BCUT2D eigenvalue weighted by Gasteiger charge is -2.53. The Morgan fingerprint density at radius 2 is 1.87 bits per heavy atom. The van der Waals surface area contributed by atoms with E-state index in [1.807, 2.05) is 6.92 Å². The topological polar surface area (TPSA) is 139 Å². The van der Waals surface area contributed by atoms with Gasteiger partial charge < -0.3 is 30.5 Å². The number of methoxy groups -OCH3 is 1. The predicted molar refractivity (Wildman–Crippen MR) is 113 cm³/mol. The fourth-order valence-corrected chi connectivity index (χ4v) is 6.15. The molecule has 0 radical (unpaired) electrons. The van der Waals surface area contributed by atoms with Crippen LogP contribution in [0.15, 0.2) is 34.1 Å². The van der Waals surface area contributed by atoms with Crippen LogP contribution in [0.4, 0.5) is 0 Å². The van der Waals surface area contributed by atoms with Gasteiger partial charge in [-0.25, -0.2) is 4.79 Å². The minimum absolute atomic E-state index is 0.0538. The molecule has 31 heavy (non-hydrogen) atoms. The molecule has 5 N–H and O–H groups in total. The molecule has 6 unspecified atom stereocenters. The molecule has 4 aliphatic rings. The number of rotatable bonds is 2. The molecule has 1 saturated heterocycles. The molecule has 0 aromatic rings. The summed E-state index contributed by atoms with van der Waals surface area (Å²) < 4.78 is 10.9. The average molecular weight is 436 g/mol. The molecule has 0 aromatic carbocycles. The number of carbonyl (C=O) groups excluding carboxylic acids is 2. The Hall–Kier alpha value is -2.00. The molecule has 1 saturated carbocycles. The van der Waals surface area contributed by atoms with Crippen LogP contribution in [0, 0.1) is 16.7 Å². The highest BCUT2D eigenvalue weighted by Gasteiger charge is 2.63. The predicted octanol–water partition coefficient (Wildman–Crippen LogP) is 1.32. The third kappa shape index (κ3) is 3.03. The van der Waals surface area contributed by atoms with Crippen molar-refractivity contribution in [2.24, 2.45) is 22.5 Å². The second-order valence-electron chi connectivity index (χ2n) is 9.01. The van der Waals surface area contributed by atoms with E-state index >= 15 is 0 Å². The lowest BCUT2D eigenvalue weighted by atomic mass is 9.53. The molecule has 0 bridgehead atoms. The minimum atomic E-state index is -1.10. The first-order valence-electron chi connectivity index (χ1n) is 10.7. The molecule has 2 fully saturated rings. The van der Waals surface area contributed by atoms with Crippen LogP contribution in [-0.2, 0) is 19.1 Å². The van der Waals surface area contributed by atoms with Gasteiger partial charge in [0.15, 0.2) is 5.76 Å². The Kier molecular flexibility index (Phi) is 6.23. The Morgan fingerprint density at radius 1 is 1.23 bits per heavy atom. The number of ketones is 1. The zero-order valence-electron chi connectivity index (χ0n) is 18.8. The number of fused-ring (bicyclic) bond motifs is 4. The van der Waals surface area contributed by atoms with Gasteiger partial charge in [0.05, 0.1) is 29.8 Å². The van der Waals surface area contributed by atoms with Crippen LogP contribution in [0.2, 0.25) is 0 Å². The molecule has 1 heterocycles. The summed E-state index contributed by atoms with van der Waals surface area (Å²) in [6.45, 7) is 5.37. The molecule has 6 atom stereocenters. The molecule has 172 valence electrons. The summed E-state index contributed by atoms with van der Waals surface area (Å²) in [6, 6.07) is 0. The first kappa shape index (κ1) is 23.7. The van der Waals surface area contributed by atoms with Crippen LogP contribution in [-0.4, -0.2) is 66.1 Å². The van der Waals surface area contributed by atoms with Crippen molar-refractivity contribution in [1.82, 2.24) is 0 Å². The lowest BCUT2D eigenvalue weighted by Crippen LogP contribution is -2.56. The zero-order chi connectivity index (χ0) is 23.3. The van der Waals surface area contributed by atoms with Crippen LogP contribution in [0.3, 0.4) is 0 Å². The average Bonchev–Trinajstić information content (AvgIpc) is 3.03. The number of hydrogen-bond acceptors (Lipinski definition) is 8. The van der Waals surface area contributed by atoms with Gasteiger partial charge in [-0.1, -0.05) is 13.0 Å². The van der Waals surface area contributed by atoms with Crippen molar-refractivity contribution < 1.29 is 34.4 Å². The van der Waals surface area contributed by atoms with Crippen LogP contribution in [0.5, 0.6) is 0 Å². The van der Waals surface area contributed by atoms with Crippen molar-refractivity contribution in [3.05, 3.63) is 34.1 Å². The third-order valence-corrected chi connectivity index (χ3v) is 7.66. The van der Waals surface area contributed by atoms with Crippen molar-refractivity contribution >= 4 is 11.8 Å². The quantitative estimate of drug-likeness (QED) is 0.376. The fourth-order valence-electron chi connectivity index (χ4n) is 6.15. The molecule has 4 rings (SSSR count). The van der Waals surface area contributed by atoms with Crippen molar-refractivity contribution in [3.63, 3.8) is 0 Å². The number of Topliss-reactive ketones (excluding diaryl/α,β-unsaturated/α-hetero) is 1. The molecular formula is C23H33NO7. The summed E-state index contributed by atoms with van der Waals surface area (Å²) in [4.78, 5) is 25.9. The highest BCUT2D eigenvalue weighted by molar-refractivity contribution is 6.13. The van der Waals surface area contributed by atoms with E-state index in [0.29, 0.717) is 30.4 Å². The first-order valence-corrected chi connectivity index (χ1v) is 10.7. The fraction of sp³-hybridized carbons (Fsp3) is 0.652. The van der Waals surface area contributed by atoms with Crippen molar-refractivity contribution in [3.8, 4) is 0 Å². The maximum atomic E-state index is 13.4.